The standard InChI is InChI=1S/C26H16F6N2O2S/c1-36-20-8-2-14-12-16(25(27,28)29)4-6-18(14)22(20)23-19-7-5-17(26(30,31)32)13-15(19)3-9-21(23)37(35)24-33-10-11-34-24/h2-13H,1H3,(H,33,34). The first-order valence-electron chi connectivity index (χ1n) is 10.7. The van der Waals surface area contributed by atoms with E-state index in [0.717, 1.165) is 24.3 Å². The van der Waals surface area contributed by atoms with Crippen LogP contribution in [0.4, 0.5) is 26.3 Å². The number of H-pyrrole nitrogens is 1. The van der Waals surface area contributed by atoms with Crippen molar-refractivity contribution in [3.05, 3.63) is 84.2 Å². The minimum Gasteiger partial charge on any atom is -0.496 e. The lowest BCUT2D eigenvalue weighted by molar-refractivity contribution is -0.138. The normalized spacial score (nSPS) is 13.3. The lowest BCUT2D eigenvalue weighted by Gasteiger charge is -2.19. The van der Waals surface area contributed by atoms with Crippen LogP contribution in [0.1, 0.15) is 11.1 Å². The number of methoxy groups -OCH3 is 1. The van der Waals surface area contributed by atoms with Crippen molar-refractivity contribution >= 4 is 32.3 Å². The molecule has 0 spiro atoms. The van der Waals surface area contributed by atoms with Gasteiger partial charge in [-0.1, -0.05) is 24.3 Å². The Labute approximate surface area is 208 Å². The topological polar surface area (TPSA) is 55.0 Å². The molecule has 0 aliphatic heterocycles. The van der Waals surface area contributed by atoms with Gasteiger partial charge >= 0.3 is 12.4 Å². The van der Waals surface area contributed by atoms with Gasteiger partial charge in [0.05, 0.1) is 23.1 Å². The van der Waals surface area contributed by atoms with Crippen molar-refractivity contribution in [2.45, 2.75) is 22.4 Å². The summed E-state index contributed by atoms with van der Waals surface area (Å²) in [5, 5.41) is 1.19. The van der Waals surface area contributed by atoms with Crippen LogP contribution in [0.2, 0.25) is 0 Å². The van der Waals surface area contributed by atoms with E-state index in [1.54, 1.807) is 0 Å². The van der Waals surface area contributed by atoms with Crippen LogP contribution in [0, 0.1) is 0 Å². The van der Waals surface area contributed by atoms with Crippen LogP contribution in [0.5, 0.6) is 5.75 Å². The zero-order valence-electron chi connectivity index (χ0n) is 18.9. The number of aromatic amines is 1. The van der Waals surface area contributed by atoms with E-state index >= 15 is 0 Å². The van der Waals surface area contributed by atoms with Crippen LogP contribution in [0.25, 0.3) is 32.7 Å². The summed E-state index contributed by atoms with van der Waals surface area (Å²) in [5.74, 6) is 0.248. The summed E-state index contributed by atoms with van der Waals surface area (Å²) < 4.78 is 99.5. The van der Waals surface area contributed by atoms with Crippen LogP contribution in [-0.2, 0) is 23.2 Å². The first-order valence-corrected chi connectivity index (χ1v) is 11.9. The Bertz CT molecular complexity index is 1660. The van der Waals surface area contributed by atoms with E-state index in [0.29, 0.717) is 16.3 Å². The molecule has 5 rings (SSSR count). The molecule has 0 bridgehead atoms. The summed E-state index contributed by atoms with van der Waals surface area (Å²) in [5.41, 5.74) is -1.16. The molecule has 0 fully saturated rings. The average Bonchev–Trinajstić information content (AvgIpc) is 3.40. The fraction of sp³-hybridized carbons (Fsp3) is 0.115. The van der Waals surface area contributed by atoms with Crippen LogP contribution in [0.15, 0.2) is 83.1 Å². The molecule has 0 saturated carbocycles. The van der Waals surface area contributed by atoms with Crippen molar-refractivity contribution in [3.63, 3.8) is 0 Å². The molecule has 0 amide bonds. The number of ether oxygens (including phenoxy) is 1. The molecule has 0 saturated heterocycles. The molecule has 1 unspecified atom stereocenters. The van der Waals surface area contributed by atoms with Crippen LogP contribution in [0.3, 0.4) is 0 Å². The van der Waals surface area contributed by atoms with E-state index in [1.807, 2.05) is 0 Å². The third-order valence-corrected chi connectivity index (χ3v) is 7.25. The molecule has 1 aromatic heterocycles. The van der Waals surface area contributed by atoms with Gasteiger partial charge in [0, 0.05) is 23.5 Å². The molecule has 5 aromatic rings. The van der Waals surface area contributed by atoms with Gasteiger partial charge in [-0.3, -0.25) is 0 Å². The van der Waals surface area contributed by atoms with Gasteiger partial charge in [-0.2, -0.15) is 26.3 Å². The predicted octanol–water partition coefficient (Wildman–Crippen LogP) is 7.60. The summed E-state index contributed by atoms with van der Waals surface area (Å²) in [6.45, 7) is 0. The Hall–Kier alpha value is -3.86. The molecule has 11 heteroatoms. The second-order valence-electron chi connectivity index (χ2n) is 8.11. The molecule has 4 aromatic carbocycles. The number of hydrogen-bond acceptors (Lipinski definition) is 3. The molecular formula is C26H16F6N2O2S. The van der Waals surface area contributed by atoms with Gasteiger partial charge in [-0.25, -0.2) is 9.19 Å². The molecule has 0 radical (unpaired) electrons. The molecule has 4 nitrogen and oxygen atoms in total. The van der Waals surface area contributed by atoms with Gasteiger partial charge in [0.1, 0.15) is 16.5 Å². The highest BCUT2D eigenvalue weighted by Gasteiger charge is 2.32. The van der Waals surface area contributed by atoms with Crippen molar-refractivity contribution in [2.75, 3.05) is 7.11 Å². The van der Waals surface area contributed by atoms with Gasteiger partial charge < -0.3 is 9.72 Å². The lowest BCUT2D eigenvalue weighted by atomic mass is 9.91. The van der Waals surface area contributed by atoms with E-state index < -0.39 is 34.3 Å². The number of benzene rings is 4. The van der Waals surface area contributed by atoms with Gasteiger partial charge in [-0.05, 0) is 57.9 Å². The fourth-order valence-electron chi connectivity index (χ4n) is 4.27. The smallest absolute Gasteiger partial charge is 0.416 e. The summed E-state index contributed by atoms with van der Waals surface area (Å²) in [4.78, 5) is 7.00. The van der Waals surface area contributed by atoms with Gasteiger partial charge in [0.15, 0.2) is 0 Å². The Balaban J connectivity index is 1.89. The van der Waals surface area contributed by atoms with Crippen molar-refractivity contribution in [2.24, 2.45) is 0 Å². The van der Waals surface area contributed by atoms with Crippen molar-refractivity contribution in [1.29, 1.82) is 0 Å². The number of rotatable bonds is 4. The fourth-order valence-corrected chi connectivity index (χ4v) is 5.40. The van der Waals surface area contributed by atoms with Crippen molar-refractivity contribution < 1.29 is 35.3 Å². The zero-order chi connectivity index (χ0) is 26.5. The third-order valence-electron chi connectivity index (χ3n) is 5.94. The lowest BCUT2D eigenvalue weighted by Crippen LogP contribution is -2.06. The van der Waals surface area contributed by atoms with Crippen LogP contribution < -0.4 is 4.74 Å². The maximum Gasteiger partial charge on any atom is 0.416 e. The third kappa shape index (κ3) is 4.43. The van der Waals surface area contributed by atoms with Gasteiger partial charge in [0.2, 0.25) is 5.16 Å². The predicted molar refractivity (Wildman–Crippen MR) is 127 cm³/mol. The first-order chi connectivity index (χ1) is 17.5. The van der Waals surface area contributed by atoms with E-state index in [2.05, 4.69) is 9.97 Å². The Kier molecular flexibility index (Phi) is 5.98. The van der Waals surface area contributed by atoms with Gasteiger partial charge in [0.25, 0.3) is 0 Å². The minimum atomic E-state index is -4.59. The van der Waals surface area contributed by atoms with Crippen LogP contribution in [-0.4, -0.2) is 21.3 Å². The summed E-state index contributed by atoms with van der Waals surface area (Å²) >= 11 is 0. The van der Waals surface area contributed by atoms with Crippen LogP contribution >= 0.6 is 0 Å². The number of nitrogens with zero attached hydrogens (tertiary/aromatic N) is 1. The second-order valence-corrected chi connectivity index (χ2v) is 9.48. The highest BCUT2D eigenvalue weighted by Crippen LogP contribution is 2.45. The van der Waals surface area contributed by atoms with E-state index in [-0.39, 0.29) is 32.1 Å². The monoisotopic (exact) mass is 534 g/mol. The number of fused-ring (bicyclic) bond motifs is 2. The Morgan fingerprint density at radius 2 is 1.35 bits per heavy atom. The number of aromatic nitrogens is 2. The minimum absolute atomic E-state index is 0.103. The Morgan fingerprint density at radius 1 is 0.784 bits per heavy atom. The molecule has 0 aliphatic rings. The Morgan fingerprint density at radius 3 is 1.86 bits per heavy atom. The van der Waals surface area contributed by atoms with Crippen molar-refractivity contribution in [1.82, 2.24) is 9.97 Å². The molecule has 1 N–H and O–H groups in total. The molecular weight excluding hydrogens is 518 g/mol. The number of nitrogens with one attached hydrogen (secondary N) is 1. The average molecular weight is 534 g/mol. The van der Waals surface area contributed by atoms with E-state index in [1.165, 1.54) is 55.9 Å². The largest absolute Gasteiger partial charge is 0.496 e. The number of alkyl halides is 6. The first kappa shape index (κ1) is 24.8. The molecule has 0 aliphatic carbocycles. The summed E-state index contributed by atoms with van der Waals surface area (Å²) in [6, 6.07) is 12.1. The molecule has 1 heterocycles. The number of imidazole rings is 1. The maximum atomic E-state index is 13.5. The van der Waals surface area contributed by atoms with Gasteiger partial charge in [-0.15, -0.1) is 0 Å². The summed E-state index contributed by atoms with van der Waals surface area (Å²) in [7, 11) is -0.536. The van der Waals surface area contributed by atoms with Crippen molar-refractivity contribution in [3.8, 4) is 16.9 Å². The second kappa shape index (κ2) is 8.91. The summed E-state index contributed by atoms with van der Waals surface area (Å²) in [6.07, 6.45) is -6.29. The molecule has 190 valence electrons. The highest BCUT2D eigenvalue weighted by molar-refractivity contribution is 7.85. The number of halogens is 6. The SMILES string of the molecule is COc1ccc2cc(C(F)(F)F)ccc2c1-c1c(S(=O)c2ncc[nH]2)ccc2cc(C(F)(F)F)ccc12. The van der Waals surface area contributed by atoms with E-state index in [4.69, 9.17) is 4.74 Å². The highest BCUT2D eigenvalue weighted by atomic mass is 32.2. The molecule has 1 atom stereocenters. The number of hydrogen-bond donors (Lipinski definition) is 1. The quantitative estimate of drug-likeness (QED) is 0.242. The molecule has 37 heavy (non-hydrogen) atoms. The maximum absolute atomic E-state index is 13.5. The zero-order valence-corrected chi connectivity index (χ0v) is 19.7. The van der Waals surface area contributed by atoms with E-state index in [9.17, 15) is 30.6 Å².